The monoisotopic (exact) mass is 545 g/mol. The maximum absolute atomic E-state index is 14.7. The highest BCUT2D eigenvalue weighted by Gasteiger charge is 2.52. The van der Waals surface area contributed by atoms with Crippen molar-refractivity contribution in [1.29, 1.82) is 0 Å². The number of carbonyl (C=O) groups is 2. The molecule has 3 aromatic carbocycles. The average molecular weight is 545 g/mol. The lowest BCUT2D eigenvalue weighted by atomic mass is 9.77. The van der Waals surface area contributed by atoms with Crippen LogP contribution in [0.1, 0.15) is 60.7 Å². The lowest BCUT2D eigenvalue weighted by molar-refractivity contribution is 0.00578. The molecule has 9 heteroatoms. The number of nitrogens with one attached hydrogen (secondary N) is 1. The van der Waals surface area contributed by atoms with Gasteiger partial charge in [0.2, 0.25) is 0 Å². The summed E-state index contributed by atoms with van der Waals surface area (Å²) in [6, 6.07) is 17.8. The van der Waals surface area contributed by atoms with Crippen molar-refractivity contribution in [3.05, 3.63) is 100 Å². The Hall–Kier alpha value is -3.82. The smallest absolute Gasteiger partial charge is 0.449 e. The van der Waals surface area contributed by atoms with Gasteiger partial charge >= 0.3 is 13.2 Å². The van der Waals surface area contributed by atoms with Crippen LogP contribution in [0.15, 0.2) is 66.1 Å². The average Bonchev–Trinajstić information content (AvgIpc) is 3.35. The maximum atomic E-state index is 14.7. The Morgan fingerprint density at radius 2 is 1.45 bits per heavy atom. The topological polar surface area (TPSA) is 73.9 Å². The molecule has 206 valence electrons. The zero-order chi connectivity index (χ0) is 28.7. The van der Waals surface area contributed by atoms with Gasteiger partial charge < -0.3 is 19.4 Å². The fraction of sp³-hybridized carbons (Fsp3) is 0.290. The fourth-order valence-electron chi connectivity index (χ4n) is 5.00. The minimum absolute atomic E-state index is 0.107. The first-order valence-electron chi connectivity index (χ1n) is 13.1. The number of halogens is 2. The number of aldehydes is 1. The second kappa shape index (κ2) is 10.6. The normalized spacial score (nSPS) is 17.4. The van der Waals surface area contributed by atoms with Gasteiger partial charge in [-0.3, -0.25) is 4.79 Å². The molecule has 1 heterocycles. The number of alkyl carbamates (subject to hydrolysis) is 1. The van der Waals surface area contributed by atoms with E-state index in [0.717, 1.165) is 34.4 Å². The number of benzene rings is 3. The molecule has 2 aliphatic rings. The SMILES string of the molecule is CC1(C)OB(C(=Cc2cc(F)c(C=O)cc2F)CNC(=O)OCC2c3ccccc3-c3ccccc32)OC1(C)C. The van der Waals surface area contributed by atoms with E-state index in [9.17, 15) is 18.4 Å². The molecule has 1 fully saturated rings. The van der Waals surface area contributed by atoms with Gasteiger partial charge in [0.25, 0.3) is 0 Å². The number of ether oxygens (including phenoxy) is 1. The molecule has 6 nitrogen and oxygen atoms in total. The van der Waals surface area contributed by atoms with Crippen LogP contribution in [0.2, 0.25) is 0 Å². The fourth-order valence-corrected chi connectivity index (χ4v) is 5.00. The molecule has 0 unspecified atom stereocenters. The van der Waals surface area contributed by atoms with Crippen LogP contribution in [0.3, 0.4) is 0 Å². The van der Waals surface area contributed by atoms with Gasteiger partial charge in [-0.15, -0.1) is 0 Å². The number of rotatable bonds is 7. The van der Waals surface area contributed by atoms with Gasteiger partial charge in [0.05, 0.1) is 16.8 Å². The highest BCUT2D eigenvalue weighted by molar-refractivity contribution is 6.56. The van der Waals surface area contributed by atoms with Gasteiger partial charge in [0.15, 0.2) is 6.29 Å². The molecule has 1 amide bonds. The van der Waals surface area contributed by atoms with E-state index >= 15 is 0 Å². The zero-order valence-electron chi connectivity index (χ0n) is 22.8. The highest BCUT2D eigenvalue weighted by atomic mass is 19.1. The summed E-state index contributed by atoms with van der Waals surface area (Å²) in [5.41, 5.74) is 2.87. The Morgan fingerprint density at radius 3 is 2.02 bits per heavy atom. The van der Waals surface area contributed by atoms with Crippen LogP contribution in [0, 0.1) is 11.6 Å². The third kappa shape index (κ3) is 5.19. The molecule has 3 aromatic rings. The molecule has 1 saturated heterocycles. The molecular formula is C31H30BF2NO5. The van der Waals surface area contributed by atoms with Crippen LogP contribution < -0.4 is 5.32 Å². The molecule has 0 radical (unpaired) electrons. The molecule has 1 aliphatic heterocycles. The maximum Gasteiger partial charge on any atom is 0.492 e. The molecule has 0 aromatic heterocycles. The zero-order valence-corrected chi connectivity index (χ0v) is 22.8. The van der Waals surface area contributed by atoms with Crippen LogP contribution >= 0.6 is 0 Å². The van der Waals surface area contributed by atoms with Crippen LogP contribution in [-0.4, -0.2) is 43.9 Å². The van der Waals surface area contributed by atoms with Gasteiger partial charge in [-0.25, -0.2) is 13.6 Å². The molecule has 0 atom stereocenters. The second-order valence-electron chi connectivity index (χ2n) is 11.0. The van der Waals surface area contributed by atoms with Gasteiger partial charge in [-0.1, -0.05) is 54.6 Å². The molecule has 5 rings (SSSR count). The van der Waals surface area contributed by atoms with E-state index in [1.165, 1.54) is 6.08 Å². The van der Waals surface area contributed by atoms with Crippen molar-refractivity contribution in [1.82, 2.24) is 5.32 Å². The van der Waals surface area contributed by atoms with Crippen molar-refractivity contribution in [3.63, 3.8) is 0 Å². The Morgan fingerprint density at radius 1 is 0.925 bits per heavy atom. The molecule has 1 N–H and O–H groups in total. The molecule has 0 saturated carbocycles. The van der Waals surface area contributed by atoms with Crippen LogP contribution in [0.25, 0.3) is 17.2 Å². The van der Waals surface area contributed by atoms with E-state index in [0.29, 0.717) is 5.47 Å². The lowest BCUT2D eigenvalue weighted by Gasteiger charge is -2.32. The molecule has 0 spiro atoms. The molecule has 40 heavy (non-hydrogen) atoms. The van der Waals surface area contributed by atoms with Gasteiger partial charge in [0, 0.05) is 18.0 Å². The third-order valence-electron chi connectivity index (χ3n) is 7.92. The summed E-state index contributed by atoms with van der Waals surface area (Å²) in [7, 11) is -0.938. The van der Waals surface area contributed by atoms with E-state index in [1.54, 1.807) is 0 Å². The summed E-state index contributed by atoms with van der Waals surface area (Å²) in [5, 5.41) is 2.70. The quantitative estimate of drug-likeness (QED) is 0.278. The molecule has 0 bridgehead atoms. The summed E-state index contributed by atoms with van der Waals surface area (Å²) in [6.07, 6.45) is 0.936. The lowest BCUT2D eigenvalue weighted by Crippen LogP contribution is -2.41. The van der Waals surface area contributed by atoms with Gasteiger partial charge in [-0.2, -0.15) is 0 Å². The predicted molar refractivity (Wildman–Crippen MR) is 149 cm³/mol. The number of fused-ring (bicyclic) bond motifs is 3. The van der Waals surface area contributed by atoms with Crippen molar-refractivity contribution in [2.24, 2.45) is 0 Å². The summed E-state index contributed by atoms with van der Waals surface area (Å²) < 4.78 is 46.9. The first-order valence-corrected chi connectivity index (χ1v) is 13.1. The minimum atomic E-state index is -0.938. The summed E-state index contributed by atoms with van der Waals surface area (Å²) in [6.45, 7) is 7.48. The van der Waals surface area contributed by atoms with Gasteiger partial charge in [-0.05, 0) is 67.6 Å². The van der Waals surface area contributed by atoms with E-state index in [2.05, 4.69) is 17.4 Å². The van der Waals surface area contributed by atoms with Crippen LogP contribution in [0.5, 0.6) is 0 Å². The van der Waals surface area contributed by atoms with Crippen molar-refractivity contribution >= 4 is 25.6 Å². The van der Waals surface area contributed by atoms with Crippen LogP contribution in [-0.2, 0) is 14.0 Å². The van der Waals surface area contributed by atoms with Crippen molar-refractivity contribution < 1.29 is 32.4 Å². The predicted octanol–water partition coefficient (Wildman–Crippen LogP) is 6.33. The Labute approximate surface area is 232 Å². The van der Waals surface area contributed by atoms with Crippen molar-refractivity contribution in [3.8, 4) is 11.1 Å². The van der Waals surface area contributed by atoms with Crippen molar-refractivity contribution in [2.75, 3.05) is 13.2 Å². The van der Waals surface area contributed by atoms with E-state index in [1.807, 2.05) is 64.1 Å². The van der Waals surface area contributed by atoms with E-state index in [4.69, 9.17) is 14.0 Å². The minimum Gasteiger partial charge on any atom is -0.449 e. The third-order valence-corrected chi connectivity index (χ3v) is 7.92. The molecular weight excluding hydrogens is 515 g/mol. The van der Waals surface area contributed by atoms with Gasteiger partial charge in [0.1, 0.15) is 18.2 Å². The molecule has 1 aliphatic carbocycles. The second-order valence-corrected chi connectivity index (χ2v) is 11.0. The van der Waals surface area contributed by atoms with E-state index < -0.39 is 36.0 Å². The Bertz CT molecular complexity index is 1440. The first kappa shape index (κ1) is 27.7. The summed E-state index contributed by atoms with van der Waals surface area (Å²) in [4.78, 5) is 23.9. The first-order chi connectivity index (χ1) is 19.0. The summed E-state index contributed by atoms with van der Waals surface area (Å²) >= 11 is 0. The largest absolute Gasteiger partial charge is 0.492 e. The van der Waals surface area contributed by atoms with Crippen molar-refractivity contribution in [2.45, 2.75) is 44.8 Å². The number of hydrogen-bond acceptors (Lipinski definition) is 5. The highest BCUT2D eigenvalue weighted by Crippen LogP contribution is 2.44. The van der Waals surface area contributed by atoms with E-state index in [-0.39, 0.29) is 36.5 Å². The standard InChI is InChI=1S/C31H30BF2NO5/c1-30(2)31(3,4)40-32(39-30)21(13-19-14-28(34)20(17-36)15-27(19)33)16-35-29(37)38-18-26-24-11-7-5-9-22(24)23-10-6-8-12-25(23)26/h5-15,17,26H,16,18H2,1-4H3,(H,35,37). The number of amides is 1. The van der Waals surface area contributed by atoms with Crippen LogP contribution in [0.4, 0.5) is 13.6 Å². The number of carbonyl (C=O) groups excluding carboxylic acids is 2. The summed E-state index contributed by atoms with van der Waals surface area (Å²) in [5.74, 6) is -1.76. The Kier molecular flexibility index (Phi) is 7.37. The Balaban J connectivity index is 1.34. The number of hydrogen-bond donors (Lipinski definition) is 1.